The minimum atomic E-state index is -1.76. The Morgan fingerprint density at radius 1 is 1.04 bits per heavy atom. The predicted molar refractivity (Wildman–Crippen MR) is 97.0 cm³/mol. The normalized spacial score (nSPS) is 11.5. The second-order valence-corrected chi connectivity index (χ2v) is 5.81. The number of pyridine rings is 1. The maximum absolute atomic E-state index is 14.0. The summed E-state index contributed by atoms with van der Waals surface area (Å²) in [6.07, 6.45) is 1.75. The predicted octanol–water partition coefficient (Wildman–Crippen LogP) is 2.74. The fraction of sp³-hybridized carbons (Fsp3) is 0.0500. The van der Waals surface area contributed by atoms with E-state index in [9.17, 15) is 23.9 Å². The van der Waals surface area contributed by atoms with Gasteiger partial charge in [-0.3, -0.25) is 9.59 Å². The van der Waals surface area contributed by atoms with Gasteiger partial charge < -0.3 is 14.8 Å². The average Bonchev–Trinajstić information content (AvgIpc) is 2.65. The minimum Gasteiger partial charge on any atom is -0.507 e. The van der Waals surface area contributed by atoms with E-state index < -0.39 is 28.8 Å². The van der Waals surface area contributed by atoms with Gasteiger partial charge in [-0.2, -0.15) is 0 Å². The zero-order valence-electron chi connectivity index (χ0n) is 13.9. The van der Waals surface area contributed by atoms with Crippen molar-refractivity contribution in [3.05, 3.63) is 88.0 Å². The van der Waals surface area contributed by atoms with Crippen molar-refractivity contribution >= 4 is 28.4 Å². The van der Waals surface area contributed by atoms with Crippen molar-refractivity contribution in [1.82, 2.24) is 4.57 Å². The highest BCUT2D eigenvalue weighted by Crippen LogP contribution is 2.18. The summed E-state index contributed by atoms with van der Waals surface area (Å²) < 4.78 is 15.6. The summed E-state index contributed by atoms with van der Waals surface area (Å²) in [5.74, 6) is -4.31. The van der Waals surface area contributed by atoms with Crippen LogP contribution in [0.3, 0.4) is 0 Å². The number of ketones is 1. The van der Waals surface area contributed by atoms with Crippen LogP contribution in [0.4, 0.5) is 4.39 Å². The van der Waals surface area contributed by atoms with E-state index in [4.69, 9.17) is 5.11 Å². The van der Waals surface area contributed by atoms with Crippen LogP contribution >= 0.6 is 0 Å². The maximum Gasteiger partial charge on any atom is 0.376 e. The van der Waals surface area contributed by atoms with Crippen molar-refractivity contribution in [2.24, 2.45) is 0 Å². The Morgan fingerprint density at radius 3 is 2.41 bits per heavy atom. The lowest BCUT2D eigenvalue weighted by Crippen LogP contribution is -2.17. The molecule has 0 amide bonds. The number of hydrogen-bond acceptors (Lipinski definition) is 4. The van der Waals surface area contributed by atoms with Crippen molar-refractivity contribution in [2.75, 3.05) is 0 Å². The molecule has 0 radical (unpaired) electrons. The van der Waals surface area contributed by atoms with Crippen LogP contribution in [0.5, 0.6) is 0 Å². The number of aliphatic carboxylic acids is 1. The summed E-state index contributed by atoms with van der Waals surface area (Å²) in [6.45, 7) is 0.0701. The molecule has 0 saturated heterocycles. The summed E-state index contributed by atoms with van der Waals surface area (Å²) in [4.78, 5) is 34.7. The number of carbonyl (C=O) groups is 2. The fourth-order valence-corrected chi connectivity index (χ4v) is 2.73. The number of aromatic nitrogens is 1. The minimum absolute atomic E-state index is 0.0701. The number of aliphatic hydroxyl groups excluding tert-OH is 1. The molecule has 0 fully saturated rings. The third kappa shape index (κ3) is 3.62. The van der Waals surface area contributed by atoms with Crippen LogP contribution in [0.2, 0.25) is 0 Å². The highest BCUT2D eigenvalue weighted by Gasteiger charge is 2.16. The van der Waals surface area contributed by atoms with Gasteiger partial charge in [0, 0.05) is 23.2 Å². The van der Waals surface area contributed by atoms with Crippen LogP contribution in [0.1, 0.15) is 11.1 Å². The van der Waals surface area contributed by atoms with Crippen LogP contribution < -0.4 is 5.43 Å². The summed E-state index contributed by atoms with van der Waals surface area (Å²) in [5.41, 5.74) is 0.0520. The Labute approximate surface area is 152 Å². The van der Waals surface area contributed by atoms with Crippen molar-refractivity contribution in [1.29, 1.82) is 0 Å². The molecule has 3 rings (SSSR count). The van der Waals surface area contributed by atoms with E-state index in [2.05, 4.69) is 0 Å². The molecule has 0 aliphatic carbocycles. The molecule has 0 aliphatic heterocycles. The summed E-state index contributed by atoms with van der Waals surface area (Å²) in [6, 6.07) is 12.7. The molecule has 7 heteroatoms. The highest BCUT2D eigenvalue weighted by molar-refractivity contribution is 6.38. The fourth-order valence-electron chi connectivity index (χ4n) is 2.73. The van der Waals surface area contributed by atoms with Crippen molar-refractivity contribution in [3.63, 3.8) is 0 Å². The largest absolute Gasteiger partial charge is 0.507 e. The third-order valence-corrected chi connectivity index (χ3v) is 4.04. The van der Waals surface area contributed by atoms with E-state index in [1.807, 2.05) is 0 Å². The van der Waals surface area contributed by atoms with Gasteiger partial charge in [0.05, 0.1) is 17.6 Å². The third-order valence-electron chi connectivity index (χ3n) is 4.04. The Bertz CT molecular complexity index is 1150. The van der Waals surface area contributed by atoms with Crippen LogP contribution in [-0.2, 0) is 16.1 Å². The lowest BCUT2D eigenvalue weighted by molar-refractivity contribution is -0.146. The van der Waals surface area contributed by atoms with Crippen LogP contribution in [0.15, 0.2) is 65.6 Å². The number of aliphatic hydroxyl groups is 1. The summed E-state index contributed by atoms with van der Waals surface area (Å²) in [5, 5.41) is 19.0. The Kier molecular flexibility index (Phi) is 4.85. The maximum atomic E-state index is 14.0. The number of halogens is 1. The van der Waals surface area contributed by atoms with Gasteiger partial charge in [-0.25, -0.2) is 9.18 Å². The van der Waals surface area contributed by atoms with E-state index in [-0.39, 0.29) is 17.5 Å². The molecule has 0 bridgehead atoms. The summed E-state index contributed by atoms with van der Waals surface area (Å²) >= 11 is 0. The number of carboxylic acids is 1. The van der Waals surface area contributed by atoms with E-state index in [0.717, 1.165) is 0 Å². The second-order valence-electron chi connectivity index (χ2n) is 5.81. The van der Waals surface area contributed by atoms with Crippen molar-refractivity contribution in [3.8, 4) is 0 Å². The molecular formula is C20H14FNO5. The van der Waals surface area contributed by atoms with Gasteiger partial charge in [0.15, 0.2) is 5.43 Å². The molecule has 1 heterocycles. The van der Waals surface area contributed by atoms with Crippen LogP contribution in [0, 0.1) is 5.82 Å². The zero-order chi connectivity index (χ0) is 19.6. The number of para-hydroxylation sites is 1. The number of carbonyl (C=O) groups excluding carboxylic acids is 1. The number of nitrogens with zero attached hydrogens (tertiary/aromatic N) is 1. The molecule has 2 N–H and O–H groups in total. The van der Waals surface area contributed by atoms with Gasteiger partial charge in [-0.05, 0) is 18.2 Å². The first-order chi connectivity index (χ1) is 12.9. The Hall–Kier alpha value is -3.74. The Morgan fingerprint density at radius 2 is 1.70 bits per heavy atom. The van der Waals surface area contributed by atoms with E-state index in [1.54, 1.807) is 41.0 Å². The molecule has 2 aromatic carbocycles. The van der Waals surface area contributed by atoms with Crippen molar-refractivity contribution < 1.29 is 24.2 Å². The molecule has 136 valence electrons. The molecule has 27 heavy (non-hydrogen) atoms. The lowest BCUT2D eigenvalue weighted by atomic mass is 10.1. The second kappa shape index (κ2) is 7.25. The average molecular weight is 367 g/mol. The molecule has 0 saturated carbocycles. The van der Waals surface area contributed by atoms with Gasteiger partial charge in [0.2, 0.25) is 0 Å². The molecule has 0 unspecified atom stereocenters. The quantitative estimate of drug-likeness (QED) is 0.411. The van der Waals surface area contributed by atoms with Gasteiger partial charge >= 0.3 is 5.97 Å². The molecular weight excluding hydrogens is 353 g/mol. The number of rotatable bonds is 5. The molecule has 3 aromatic rings. The van der Waals surface area contributed by atoms with Crippen LogP contribution in [0.25, 0.3) is 16.7 Å². The topological polar surface area (TPSA) is 96.6 Å². The first-order valence-corrected chi connectivity index (χ1v) is 7.92. The van der Waals surface area contributed by atoms with Gasteiger partial charge in [-0.1, -0.05) is 30.3 Å². The molecule has 6 nitrogen and oxygen atoms in total. The monoisotopic (exact) mass is 367 g/mol. The smallest absolute Gasteiger partial charge is 0.376 e. The van der Waals surface area contributed by atoms with E-state index >= 15 is 0 Å². The molecule has 0 spiro atoms. The number of fused-ring (bicyclic) bond motifs is 1. The van der Waals surface area contributed by atoms with Crippen LogP contribution in [-0.4, -0.2) is 26.5 Å². The van der Waals surface area contributed by atoms with E-state index in [0.29, 0.717) is 17.2 Å². The lowest BCUT2D eigenvalue weighted by Gasteiger charge is -2.14. The highest BCUT2D eigenvalue weighted by atomic mass is 19.1. The molecule has 0 atom stereocenters. The Balaban J connectivity index is 2.21. The van der Waals surface area contributed by atoms with Crippen molar-refractivity contribution in [2.45, 2.75) is 6.54 Å². The van der Waals surface area contributed by atoms with Gasteiger partial charge in [0.1, 0.15) is 11.6 Å². The SMILES string of the molecule is O=C(O)C(=O)/C=C(\O)c1cn(Cc2ccccc2F)c2ccccc2c1=O. The number of benzene rings is 2. The standard InChI is InChI=1S/C20H14FNO5/c21-15-7-3-1-5-12(15)10-22-11-14(17(23)9-18(24)20(26)27)19(25)13-6-2-4-8-16(13)22/h1-9,11,23H,10H2,(H,26,27)/b17-9-. The number of carboxylic acid groups (broad SMARTS) is 1. The molecule has 1 aromatic heterocycles. The van der Waals surface area contributed by atoms with Gasteiger partial charge in [0.25, 0.3) is 5.78 Å². The van der Waals surface area contributed by atoms with E-state index in [1.165, 1.54) is 18.3 Å². The molecule has 0 aliphatic rings. The first-order valence-electron chi connectivity index (χ1n) is 7.92. The summed E-state index contributed by atoms with van der Waals surface area (Å²) in [7, 11) is 0. The van der Waals surface area contributed by atoms with Gasteiger partial charge in [-0.15, -0.1) is 0 Å². The first kappa shape index (κ1) is 18.1. The zero-order valence-corrected chi connectivity index (χ0v) is 13.9. The number of hydrogen-bond donors (Lipinski definition) is 2.